The molecule has 2 aromatic rings. The van der Waals surface area contributed by atoms with Gasteiger partial charge in [-0.05, 0) is 38.1 Å². The molecule has 0 saturated carbocycles. The number of hydrogen-bond acceptors (Lipinski definition) is 3. The number of benzene rings is 2. The molecule has 0 radical (unpaired) electrons. The molecule has 11 heteroatoms. The van der Waals surface area contributed by atoms with Crippen LogP contribution in [0, 0.1) is 0 Å². The fourth-order valence-corrected chi connectivity index (χ4v) is 1.93. The van der Waals surface area contributed by atoms with Crippen molar-refractivity contribution in [2.75, 3.05) is 18.5 Å². The van der Waals surface area contributed by atoms with Crippen molar-refractivity contribution < 1.29 is 23.7 Å². The average molecular weight is 521 g/mol. The molecule has 0 atom stereocenters. The van der Waals surface area contributed by atoms with Gasteiger partial charge in [-0.15, -0.1) is 0 Å². The van der Waals surface area contributed by atoms with Crippen LogP contribution in [0.3, 0.4) is 0 Å². The number of hydrogen-bond donors (Lipinski definition) is 1. The van der Waals surface area contributed by atoms with E-state index in [1.165, 1.54) is 0 Å². The molecule has 1 amide bonds. The summed E-state index contributed by atoms with van der Waals surface area (Å²) in [4.78, 5) is 12.2. The number of carbonyl (C=O) groups excluding carboxylic acids is 1. The van der Waals surface area contributed by atoms with Gasteiger partial charge in [0.05, 0.1) is 18.9 Å². The quantitative estimate of drug-likeness (QED) is 0.276. The van der Waals surface area contributed by atoms with Crippen molar-refractivity contribution in [2.24, 2.45) is 0 Å². The van der Waals surface area contributed by atoms with Crippen molar-refractivity contribution in [3.8, 4) is 11.5 Å². The number of rotatable bonds is 6. The Hall–Kier alpha value is -1.20. The van der Waals surface area contributed by atoms with E-state index in [1.54, 1.807) is 24.3 Å². The third-order valence-electron chi connectivity index (χ3n) is 3.06. The van der Waals surface area contributed by atoms with Crippen molar-refractivity contribution in [1.29, 1.82) is 0 Å². The van der Waals surface area contributed by atoms with Gasteiger partial charge in [-0.2, -0.15) is 0 Å². The fraction of sp³-hybridized carbons (Fsp3) is 0.235. The van der Waals surface area contributed by atoms with E-state index in [-0.39, 0.29) is 5.91 Å². The van der Waals surface area contributed by atoms with E-state index in [1.807, 2.05) is 38.1 Å². The first kappa shape index (κ1) is 24.8. The summed E-state index contributed by atoms with van der Waals surface area (Å²) in [5.41, 5.74) is 9.06. The molecule has 150 valence electrons. The van der Waals surface area contributed by atoms with E-state index < -0.39 is 9.45 Å². The molecule has 0 bridgehead atoms. The standard InChI is InChI=1S/C17H19NO3.4ClH.N2.Zn/c1-3-20-14-10-11-16(21-4-2)15(12-14)18-17(19)13-8-6-5-7-9-13;;;;;1-2;/h5-12H,3-4H2,1-2H3,(H,18,19);4*1H;;/q;;;;;;+4/p-4. The number of nitrogens with zero attached hydrogens (tertiary/aromatic N) is 2. The summed E-state index contributed by atoms with van der Waals surface area (Å²) in [6.45, 7) is 4.92. The van der Waals surface area contributed by atoms with Crippen molar-refractivity contribution in [1.82, 2.24) is 3.48 Å². The Balaban J connectivity index is 0.000000480. The predicted octanol–water partition coefficient (Wildman–Crippen LogP) is 6.30. The number of ether oxygens (including phenoxy) is 2. The summed E-state index contributed by atoms with van der Waals surface area (Å²) in [7, 11) is 15.5. The average Bonchev–Trinajstić information content (AvgIpc) is 2.64. The van der Waals surface area contributed by atoms with Gasteiger partial charge >= 0.3 is 57.2 Å². The monoisotopic (exact) mass is 517 g/mol. The Bertz CT molecular complexity index is 876. The minimum atomic E-state index is -4.82. The first-order valence-corrected chi connectivity index (χ1v) is 25.5. The molecule has 2 rings (SSSR count). The Morgan fingerprint density at radius 1 is 1.04 bits per heavy atom. The van der Waals surface area contributed by atoms with Crippen LogP contribution in [-0.2, 0) is 9.45 Å². The molecule has 0 saturated heterocycles. The Morgan fingerprint density at radius 3 is 2.11 bits per heavy atom. The van der Waals surface area contributed by atoms with Crippen LogP contribution < -0.4 is 18.3 Å². The molecule has 0 spiro atoms. The van der Waals surface area contributed by atoms with Gasteiger partial charge in [-0.25, -0.2) is 0 Å². The van der Waals surface area contributed by atoms with Gasteiger partial charge in [0.15, 0.2) is 0 Å². The molecule has 1 N–H and O–H groups in total. The van der Waals surface area contributed by atoms with E-state index in [9.17, 15) is 4.79 Å². The second kappa shape index (κ2) is 11.1. The van der Waals surface area contributed by atoms with Gasteiger partial charge in [-0.1, -0.05) is 18.2 Å². The van der Waals surface area contributed by atoms with Crippen LogP contribution in [0.5, 0.6) is 11.5 Å². The van der Waals surface area contributed by atoms with Gasteiger partial charge < -0.3 is 14.8 Å². The van der Waals surface area contributed by atoms with E-state index in [0.717, 1.165) is 0 Å². The molecule has 2 aromatic carbocycles. The van der Waals surface area contributed by atoms with Crippen molar-refractivity contribution in [2.45, 2.75) is 13.8 Å². The molecule has 0 aliphatic heterocycles. The van der Waals surface area contributed by atoms with Crippen LogP contribution in [0.25, 0.3) is 5.53 Å². The predicted molar refractivity (Wildman–Crippen MR) is 112 cm³/mol. The minimum absolute atomic E-state index is 0.176. The van der Waals surface area contributed by atoms with Gasteiger partial charge in [0.1, 0.15) is 11.5 Å². The van der Waals surface area contributed by atoms with Crippen molar-refractivity contribution >= 4 is 50.4 Å². The first-order valence-electron chi connectivity index (χ1n) is 8.59. The van der Waals surface area contributed by atoms with Crippen LogP contribution in [-0.4, -0.2) is 19.1 Å². The van der Waals surface area contributed by atoms with Crippen molar-refractivity contribution in [3.05, 3.63) is 59.6 Å². The summed E-state index contributed by atoms with van der Waals surface area (Å²) in [5, 5.41) is 2.87. The second-order valence-corrected chi connectivity index (χ2v) is 40.9. The molecular formula is C17H19Cl4N3O3Zn. The number of carbonyl (C=O) groups is 1. The van der Waals surface area contributed by atoms with Gasteiger partial charge in [0.2, 0.25) is 0 Å². The van der Waals surface area contributed by atoms with E-state index in [2.05, 4.69) is 8.80 Å². The molecular weight excluding hydrogens is 501 g/mol. The van der Waals surface area contributed by atoms with E-state index in [4.69, 9.17) is 53.8 Å². The summed E-state index contributed by atoms with van der Waals surface area (Å²) in [6.07, 6.45) is 0. The van der Waals surface area contributed by atoms with Crippen LogP contribution in [0.15, 0.2) is 48.5 Å². The SMILES string of the molecule is CCOc1ccc(OCC)c(NC(=O)c2ccccc2)c1.[N-]=[N+]=[Zn]([Cl])([Cl])([Cl])[Cl]. The zero-order valence-electron chi connectivity index (χ0n) is 15.4. The molecule has 28 heavy (non-hydrogen) atoms. The summed E-state index contributed by atoms with van der Waals surface area (Å²) < 4.78 is 13.4. The Kier molecular flexibility index (Phi) is 9.85. The van der Waals surface area contributed by atoms with Gasteiger partial charge in [0, 0.05) is 11.6 Å². The fourth-order valence-electron chi connectivity index (χ4n) is 1.93. The number of anilines is 1. The normalized spacial score (nSPS) is 9.93. The maximum absolute atomic E-state index is 12.2. The Labute approximate surface area is 180 Å². The van der Waals surface area contributed by atoms with Crippen LogP contribution >= 0.6 is 38.8 Å². The molecule has 0 aliphatic carbocycles. The molecule has 0 fully saturated rings. The van der Waals surface area contributed by atoms with Crippen LogP contribution in [0.2, 0.25) is 0 Å². The van der Waals surface area contributed by atoms with Gasteiger partial charge in [-0.3, -0.25) is 4.79 Å². The third-order valence-corrected chi connectivity index (χ3v) is 6.18. The topological polar surface area (TPSA) is 84.0 Å². The van der Waals surface area contributed by atoms with Gasteiger partial charge in [0.25, 0.3) is 5.91 Å². The molecule has 0 heterocycles. The van der Waals surface area contributed by atoms with E-state index >= 15 is 0 Å². The Morgan fingerprint density at radius 2 is 1.61 bits per heavy atom. The van der Waals surface area contributed by atoms with Crippen molar-refractivity contribution in [3.63, 3.8) is 0 Å². The second-order valence-electron chi connectivity index (χ2n) is 5.57. The molecule has 0 unspecified atom stereocenters. The first-order chi connectivity index (χ1) is 13.1. The number of halogens is 4. The maximum atomic E-state index is 12.2. The molecule has 0 aliphatic rings. The molecule has 0 aromatic heterocycles. The summed E-state index contributed by atoms with van der Waals surface area (Å²) in [6, 6.07) is 14.5. The zero-order valence-corrected chi connectivity index (χ0v) is 21.4. The summed E-state index contributed by atoms with van der Waals surface area (Å²) in [5.74, 6) is 1.15. The van der Waals surface area contributed by atoms with Crippen LogP contribution in [0.4, 0.5) is 5.69 Å². The van der Waals surface area contributed by atoms with E-state index in [0.29, 0.717) is 36.0 Å². The third kappa shape index (κ3) is 9.83. The number of nitrogens with one attached hydrogen (secondary N) is 1. The number of amides is 1. The molecule has 6 nitrogen and oxygen atoms in total. The zero-order chi connectivity index (χ0) is 21.2. The van der Waals surface area contributed by atoms with Crippen LogP contribution in [0.1, 0.15) is 24.2 Å². The summed E-state index contributed by atoms with van der Waals surface area (Å²) >= 11 is 0.